The number of aromatic nitrogens is 2. The van der Waals surface area contributed by atoms with E-state index in [1.807, 2.05) is 18.2 Å². The summed E-state index contributed by atoms with van der Waals surface area (Å²) in [5.41, 5.74) is 2.24. The number of nitrogens with zero attached hydrogens (tertiary/aromatic N) is 4. The zero-order valence-corrected chi connectivity index (χ0v) is 18.3. The van der Waals surface area contributed by atoms with E-state index in [9.17, 15) is 13.2 Å². The first-order chi connectivity index (χ1) is 14.8. The first kappa shape index (κ1) is 20.1. The quantitative estimate of drug-likeness (QED) is 0.599. The second-order valence-electron chi connectivity index (χ2n) is 7.92. The van der Waals surface area contributed by atoms with Gasteiger partial charge in [-0.05, 0) is 35.9 Å². The lowest BCUT2D eigenvalue weighted by Crippen LogP contribution is -2.48. The van der Waals surface area contributed by atoms with Crippen molar-refractivity contribution < 1.29 is 17.9 Å². The lowest BCUT2D eigenvalue weighted by Gasteiger charge is -2.34. The van der Waals surface area contributed by atoms with Crippen LogP contribution < -0.4 is 15.2 Å². The van der Waals surface area contributed by atoms with Crippen LogP contribution in [0, 0.1) is 0 Å². The number of benzene rings is 2. The van der Waals surface area contributed by atoms with E-state index in [4.69, 9.17) is 9.47 Å². The van der Waals surface area contributed by atoms with Gasteiger partial charge >= 0.3 is 5.69 Å². The van der Waals surface area contributed by atoms with E-state index in [2.05, 4.69) is 4.90 Å². The molecule has 1 fully saturated rings. The van der Waals surface area contributed by atoms with Crippen molar-refractivity contribution in [2.75, 3.05) is 33.0 Å². The van der Waals surface area contributed by atoms with Gasteiger partial charge in [0, 0.05) is 46.8 Å². The highest BCUT2D eigenvalue weighted by molar-refractivity contribution is 7.89. The number of piperazine rings is 1. The van der Waals surface area contributed by atoms with Crippen molar-refractivity contribution in [2.24, 2.45) is 14.1 Å². The first-order valence-electron chi connectivity index (χ1n) is 10.1. The molecule has 0 unspecified atom stereocenters. The third kappa shape index (κ3) is 3.40. The summed E-state index contributed by atoms with van der Waals surface area (Å²) in [6, 6.07) is 10.8. The molecule has 1 aromatic heterocycles. The fourth-order valence-electron chi connectivity index (χ4n) is 4.22. The van der Waals surface area contributed by atoms with E-state index in [1.54, 1.807) is 32.3 Å². The number of hydrogen-bond acceptors (Lipinski definition) is 6. The highest BCUT2D eigenvalue weighted by Crippen LogP contribution is 2.33. The van der Waals surface area contributed by atoms with Gasteiger partial charge in [0.2, 0.25) is 16.8 Å². The zero-order chi connectivity index (χ0) is 21.8. The van der Waals surface area contributed by atoms with Gasteiger partial charge in [0.05, 0.1) is 15.9 Å². The van der Waals surface area contributed by atoms with Crippen LogP contribution in [0.25, 0.3) is 11.0 Å². The summed E-state index contributed by atoms with van der Waals surface area (Å²) >= 11 is 0. The Kier molecular flexibility index (Phi) is 4.80. The second kappa shape index (κ2) is 7.40. The Hall–Kier alpha value is -2.82. The first-order valence-corrected chi connectivity index (χ1v) is 11.5. The van der Waals surface area contributed by atoms with Crippen molar-refractivity contribution in [1.29, 1.82) is 0 Å². The van der Waals surface area contributed by atoms with Gasteiger partial charge in [-0.15, -0.1) is 0 Å². The molecule has 2 aromatic carbocycles. The highest BCUT2D eigenvalue weighted by Gasteiger charge is 2.29. The van der Waals surface area contributed by atoms with Crippen molar-refractivity contribution in [1.82, 2.24) is 18.3 Å². The molecule has 31 heavy (non-hydrogen) atoms. The summed E-state index contributed by atoms with van der Waals surface area (Å²) in [5, 5.41) is 0. The maximum absolute atomic E-state index is 13.2. The number of ether oxygens (including phenoxy) is 2. The van der Waals surface area contributed by atoms with Crippen LogP contribution in [0.1, 0.15) is 5.56 Å². The molecule has 3 aromatic rings. The van der Waals surface area contributed by atoms with E-state index < -0.39 is 10.0 Å². The number of rotatable bonds is 4. The Labute approximate surface area is 180 Å². The number of fused-ring (bicyclic) bond motifs is 2. The van der Waals surface area contributed by atoms with Gasteiger partial charge in [0.1, 0.15) is 0 Å². The molecule has 9 nitrogen and oxygen atoms in total. The zero-order valence-electron chi connectivity index (χ0n) is 17.4. The van der Waals surface area contributed by atoms with Crippen LogP contribution in [-0.2, 0) is 30.7 Å². The monoisotopic (exact) mass is 444 g/mol. The van der Waals surface area contributed by atoms with Gasteiger partial charge in [-0.2, -0.15) is 4.31 Å². The predicted molar refractivity (Wildman–Crippen MR) is 115 cm³/mol. The van der Waals surface area contributed by atoms with Crippen molar-refractivity contribution in [3.8, 4) is 11.5 Å². The average Bonchev–Trinajstić information content (AvgIpc) is 3.33. The number of aryl methyl sites for hydroxylation is 2. The Morgan fingerprint density at radius 1 is 0.871 bits per heavy atom. The largest absolute Gasteiger partial charge is 0.454 e. The van der Waals surface area contributed by atoms with E-state index in [0.717, 1.165) is 23.6 Å². The SMILES string of the molecule is Cn1c(=O)n(C)c2cc(S(=O)(=O)N3CCN(Cc4ccc5c(c4)OCO5)CC3)ccc21. The van der Waals surface area contributed by atoms with Gasteiger partial charge in [-0.1, -0.05) is 6.07 Å². The summed E-state index contributed by atoms with van der Waals surface area (Å²) in [5.74, 6) is 1.51. The molecule has 0 saturated carbocycles. The second-order valence-corrected chi connectivity index (χ2v) is 9.86. The smallest absolute Gasteiger partial charge is 0.328 e. The Bertz CT molecular complexity index is 1320. The van der Waals surface area contributed by atoms with Crippen LogP contribution >= 0.6 is 0 Å². The summed E-state index contributed by atoms with van der Waals surface area (Å²) in [4.78, 5) is 14.6. The minimum absolute atomic E-state index is 0.179. The Balaban J connectivity index is 1.30. The Morgan fingerprint density at radius 3 is 2.35 bits per heavy atom. The minimum Gasteiger partial charge on any atom is -0.454 e. The van der Waals surface area contributed by atoms with Crippen molar-refractivity contribution in [3.63, 3.8) is 0 Å². The maximum Gasteiger partial charge on any atom is 0.328 e. The lowest BCUT2D eigenvalue weighted by atomic mass is 10.2. The van der Waals surface area contributed by atoms with Gasteiger partial charge in [-0.25, -0.2) is 13.2 Å². The molecule has 0 bridgehead atoms. The molecule has 164 valence electrons. The third-order valence-electron chi connectivity index (χ3n) is 6.06. The van der Waals surface area contributed by atoms with E-state index in [1.165, 1.54) is 13.4 Å². The highest BCUT2D eigenvalue weighted by atomic mass is 32.2. The number of imidazole rings is 1. The summed E-state index contributed by atoms with van der Waals surface area (Å²) in [6.45, 7) is 3.08. The van der Waals surface area contributed by atoms with Crippen molar-refractivity contribution >= 4 is 21.1 Å². The lowest BCUT2D eigenvalue weighted by molar-refractivity contribution is 0.173. The van der Waals surface area contributed by atoms with Crippen LogP contribution in [-0.4, -0.2) is 59.7 Å². The molecule has 0 aliphatic carbocycles. The van der Waals surface area contributed by atoms with Gasteiger partial charge in [-0.3, -0.25) is 14.0 Å². The van der Waals surface area contributed by atoms with Crippen molar-refractivity contribution in [2.45, 2.75) is 11.4 Å². The summed E-state index contributed by atoms with van der Waals surface area (Å²) < 4.78 is 41.7. The number of sulfonamides is 1. The standard InChI is InChI=1S/C21H24N4O5S/c1-22-17-5-4-16(12-18(17)23(2)21(22)26)31(27,28)25-9-7-24(8-10-25)13-15-3-6-19-20(11-15)30-14-29-19/h3-6,11-12H,7-10,13-14H2,1-2H3. The third-order valence-corrected chi connectivity index (χ3v) is 7.95. The molecule has 1 saturated heterocycles. The van der Waals surface area contributed by atoms with Gasteiger partial charge < -0.3 is 9.47 Å². The molecule has 0 N–H and O–H groups in total. The average molecular weight is 445 g/mol. The molecular formula is C21H24N4O5S. The molecule has 3 heterocycles. The van der Waals surface area contributed by atoms with Gasteiger partial charge in [0.25, 0.3) is 0 Å². The molecule has 10 heteroatoms. The molecule has 0 atom stereocenters. The molecule has 5 rings (SSSR count). The summed E-state index contributed by atoms with van der Waals surface area (Å²) in [7, 11) is -0.305. The normalized spacial score (nSPS) is 17.5. The van der Waals surface area contributed by atoms with Gasteiger partial charge in [0.15, 0.2) is 11.5 Å². The van der Waals surface area contributed by atoms with Crippen molar-refractivity contribution in [3.05, 3.63) is 52.4 Å². The molecular weight excluding hydrogens is 420 g/mol. The van der Waals surface area contributed by atoms with E-state index >= 15 is 0 Å². The fraction of sp³-hybridized carbons (Fsp3) is 0.381. The maximum atomic E-state index is 13.2. The number of hydrogen-bond donors (Lipinski definition) is 0. The molecule has 0 spiro atoms. The predicted octanol–water partition coefficient (Wildman–Crippen LogP) is 1.11. The molecule has 2 aliphatic heterocycles. The summed E-state index contributed by atoms with van der Waals surface area (Å²) in [6.07, 6.45) is 0. The van der Waals surface area contributed by atoms with Crippen LogP contribution in [0.3, 0.4) is 0 Å². The van der Waals surface area contributed by atoms with Crippen LogP contribution in [0.2, 0.25) is 0 Å². The molecule has 0 radical (unpaired) electrons. The van der Waals surface area contributed by atoms with E-state index in [0.29, 0.717) is 37.2 Å². The molecule has 2 aliphatic rings. The fourth-order valence-corrected chi connectivity index (χ4v) is 5.66. The minimum atomic E-state index is -3.63. The van der Waals surface area contributed by atoms with Crippen LogP contribution in [0.4, 0.5) is 0 Å². The topological polar surface area (TPSA) is 86.0 Å². The van der Waals surface area contributed by atoms with Crippen LogP contribution in [0.5, 0.6) is 11.5 Å². The Morgan fingerprint density at radius 2 is 1.58 bits per heavy atom. The molecule has 0 amide bonds. The van der Waals surface area contributed by atoms with Crippen LogP contribution in [0.15, 0.2) is 46.1 Å². The van der Waals surface area contributed by atoms with E-state index in [-0.39, 0.29) is 17.4 Å².